The Balaban J connectivity index is 1.41. The molecule has 0 unspecified atom stereocenters. The lowest BCUT2D eigenvalue weighted by molar-refractivity contribution is -0.122. The Labute approximate surface area is 212 Å². The molecule has 1 aliphatic heterocycles. The summed E-state index contributed by atoms with van der Waals surface area (Å²) in [4.78, 5) is 27.1. The van der Waals surface area contributed by atoms with Crippen molar-refractivity contribution in [1.29, 1.82) is 0 Å². The zero-order valence-corrected chi connectivity index (χ0v) is 20.3. The number of carbonyl (C=O) groups is 2. The van der Waals surface area contributed by atoms with Crippen molar-refractivity contribution in [3.63, 3.8) is 0 Å². The van der Waals surface area contributed by atoms with E-state index in [9.17, 15) is 9.59 Å². The van der Waals surface area contributed by atoms with Crippen molar-refractivity contribution in [3.05, 3.63) is 88.5 Å². The molecule has 1 aromatic heterocycles. The highest BCUT2D eigenvalue weighted by Gasteiger charge is 2.32. The summed E-state index contributed by atoms with van der Waals surface area (Å²) in [6, 6.07) is 19.9. The molecule has 2 heterocycles. The maximum atomic E-state index is 12.9. The van der Waals surface area contributed by atoms with Gasteiger partial charge in [0.05, 0.1) is 36.8 Å². The standard InChI is InChI=1S/C26H23NO6S2/c28-14-18(15-29)16-32-25(31)20-8-6-19(7-9-20)22-11-10-21(33-22)12-23-24(30)27(26(34)35-23)13-17-4-2-1-3-5-17/h1-12,18,28-29H,13-16H2/b23-12+. The molecule has 1 amide bonds. The quantitative estimate of drug-likeness (QED) is 0.253. The maximum absolute atomic E-state index is 12.9. The molecule has 0 aliphatic carbocycles. The highest BCUT2D eigenvalue weighted by Crippen LogP contribution is 2.34. The van der Waals surface area contributed by atoms with Gasteiger partial charge in [0.1, 0.15) is 15.8 Å². The summed E-state index contributed by atoms with van der Waals surface area (Å²) >= 11 is 6.65. The molecule has 0 radical (unpaired) electrons. The zero-order valence-electron chi connectivity index (χ0n) is 18.6. The van der Waals surface area contributed by atoms with Crippen molar-refractivity contribution in [2.24, 2.45) is 5.92 Å². The number of furan rings is 1. The highest BCUT2D eigenvalue weighted by molar-refractivity contribution is 8.26. The number of aliphatic hydroxyl groups is 2. The van der Waals surface area contributed by atoms with Gasteiger partial charge in [-0.2, -0.15) is 0 Å². The third kappa shape index (κ3) is 6.07. The van der Waals surface area contributed by atoms with Crippen LogP contribution < -0.4 is 0 Å². The third-order valence-corrected chi connectivity index (χ3v) is 6.71. The number of ether oxygens (including phenoxy) is 1. The summed E-state index contributed by atoms with van der Waals surface area (Å²) in [6.45, 7) is -0.171. The van der Waals surface area contributed by atoms with E-state index in [1.807, 2.05) is 30.3 Å². The fourth-order valence-electron chi connectivity index (χ4n) is 3.33. The van der Waals surface area contributed by atoms with Gasteiger partial charge in [-0.1, -0.05) is 66.4 Å². The van der Waals surface area contributed by atoms with Crippen LogP contribution in [0.15, 0.2) is 76.1 Å². The fourth-order valence-corrected chi connectivity index (χ4v) is 4.56. The number of aliphatic hydroxyl groups excluding tert-OH is 2. The summed E-state index contributed by atoms with van der Waals surface area (Å²) in [5, 5.41) is 18.1. The molecule has 9 heteroatoms. The average Bonchev–Trinajstić information content (AvgIpc) is 3.45. The van der Waals surface area contributed by atoms with E-state index in [0.717, 1.165) is 11.1 Å². The van der Waals surface area contributed by atoms with Crippen LogP contribution in [-0.4, -0.2) is 51.1 Å². The van der Waals surface area contributed by atoms with Crippen molar-refractivity contribution in [1.82, 2.24) is 4.90 Å². The van der Waals surface area contributed by atoms with Crippen LogP contribution in [0.2, 0.25) is 0 Å². The summed E-state index contributed by atoms with van der Waals surface area (Å²) in [6.07, 6.45) is 1.68. The smallest absolute Gasteiger partial charge is 0.338 e. The van der Waals surface area contributed by atoms with Gasteiger partial charge in [-0.15, -0.1) is 0 Å². The molecule has 1 fully saturated rings. The van der Waals surface area contributed by atoms with Crippen molar-refractivity contribution >= 4 is 46.3 Å². The molecule has 1 aliphatic rings. The summed E-state index contributed by atoms with van der Waals surface area (Å²) in [7, 11) is 0. The first-order valence-corrected chi connectivity index (χ1v) is 12.1. The monoisotopic (exact) mass is 509 g/mol. The van der Waals surface area contributed by atoms with E-state index in [1.165, 1.54) is 11.8 Å². The van der Waals surface area contributed by atoms with E-state index < -0.39 is 11.9 Å². The number of carbonyl (C=O) groups excluding carboxylic acids is 2. The second kappa shape index (κ2) is 11.5. The lowest BCUT2D eigenvalue weighted by Gasteiger charge is -2.14. The second-order valence-electron chi connectivity index (χ2n) is 7.86. The van der Waals surface area contributed by atoms with Gasteiger partial charge in [0.15, 0.2) is 0 Å². The topological polar surface area (TPSA) is 100 Å². The van der Waals surface area contributed by atoms with Crippen LogP contribution in [-0.2, 0) is 16.1 Å². The van der Waals surface area contributed by atoms with E-state index in [1.54, 1.807) is 47.4 Å². The Bertz CT molecular complexity index is 1230. The van der Waals surface area contributed by atoms with Gasteiger partial charge in [0.2, 0.25) is 0 Å². The minimum Gasteiger partial charge on any atom is -0.462 e. The molecule has 2 aromatic carbocycles. The largest absolute Gasteiger partial charge is 0.462 e. The molecule has 2 N–H and O–H groups in total. The lowest BCUT2D eigenvalue weighted by Crippen LogP contribution is -2.27. The lowest BCUT2D eigenvalue weighted by atomic mass is 10.1. The van der Waals surface area contributed by atoms with Crippen LogP contribution in [0.4, 0.5) is 0 Å². The molecular formula is C26H23NO6S2. The van der Waals surface area contributed by atoms with E-state index in [2.05, 4.69) is 0 Å². The van der Waals surface area contributed by atoms with E-state index >= 15 is 0 Å². The molecule has 0 saturated carbocycles. The van der Waals surface area contributed by atoms with Gasteiger partial charge in [-0.05, 0) is 29.8 Å². The van der Waals surface area contributed by atoms with Crippen molar-refractivity contribution in [2.75, 3.05) is 19.8 Å². The molecule has 35 heavy (non-hydrogen) atoms. The Morgan fingerprint density at radius 3 is 2.46 bits per heavy atom. The number of nitrogens with zero attached hydrogens (tertiary/aromatic N) is 1. The van der Waals surface area contributed by atoms with Crippen molar-refractivity contribution < 1.29 is 29.0 Å². The van der Waals surface area contributed by atoms with Crippen molar-refractivity contribution in [3.8, 4) is 11.3 Å². The average molecular weight is 510 g/mol. The van der Waals surface area contributed by atoms with E-state index in [4.69, 9.17) is 31.6 Å². The van der Waals surface area contributed by atoms with Crippen LogP contribution >= 0.6 is 24.0 Å². The number of rotatable bonds is 9. The first-order valence-electron chi connectivity index (χ1n) is 10.9. The minimum absolute atomic E-state index is 0.0628. The van der Waals surface area contributed by atoms with Gasteiger partial charge in [0.25, 0.3) is 5.91 Å². The number of hydrogen-bond acceptors (Lipinski definition) is 8. The molecule has 0 spiro atoms. The van der Waals surface area contributed by atoms with Gasteiger partial charge in [-0.25, -0.2) is 4.79 Å². The molecule has 3 aromatic rings. The Hall–Kier alpha value is -3.24. The SMILES string of the molecule is O=C(OCC(CO)CO)c1ccc(-c2ccc(/C=C3/SC(=S)N(Cc4ccccc4)C3=O)o2)cc1. The Morgan fingerprint density at radius 1 is 1.06 bits per heavy atom. The first-order chi connectivity index (χ1) is 17.0. The molecule has 0 atom stereocenters. The number of amides is 1. The summed E-state index contributed by atoms with van der Waals surface area (Å²) in [5.74, 6) is -0.103. The highest BCUT2D eigenvalue weighted by atomic mass is 32.2. The molecule has 4 rings (SSSR count). The van der Waals surface area contributed by atoms with Gasteiger partial charge < -0.3 is 19.4 Å². The third-order valence-electron chi connectivity index (χ3n) is 5.33. The van der Waals surface area contributed by atoms with Gasteiger partial charge >= 0.3 is 5.97 Å². The molecule has 180 valence electrons. The number of thiocarbonyl (C=S) groups is 1. The Morgan fingerprint density at radius 2 is 1.77 bits per heavy atom. The number of benzene rings is 2. The minimum atomic E-state index is -0.541. The molecular weight excluding hydrogens is 486 g/mol. The van der Waals surface area contributed by atoms with Crippen LogP contribution in [0.1, 0.15) is 21.7 Å². The van der Waals surface area contributed by atoms with E-state index in [0.29, 0.717) is 32.9 Å². The van der Waals surface area contributed by atoms with Gasteiger partial charge in [0, 0.05) is 17.6 Å². The first kappa shape index (κ1) is 24.9. The van der Waals surface area contributed by atoms with Crippen LogP contribution in [0, 0.1) is 5.92 Å². The van der Waals surface area contributed by atoms with E-state index in [-0.39, 0.29) is 25.7 Å². The van der Waals surface area contributed by atoms with Gasteiger partial charge in [-0.3, -0.25) is 9.69 Å². The number of esters is 1. The van der Waals surface area contributed by atoms with Crippen LogP contribution in [0.3, 0.4) is 0 Å². The van der Waals surface area contributed by atoms with Crippen molar-refractivity contribution in [2.45, 2.75) is 6.54 Å². The number of thioether (sulfide) groups is 1. The molecule has 7 nitrogen and oxygen atoms in total. The van der Waals surface area contributed by atoms with Crippen LogP contribution in [0.25, 0.3) is 17.4 Å². The van der Waals surface area contributed by atoms with Crippen LogP contribution in [0.5, 0.6) is 0 Å². The second-order valence-corrected chi connectivity index (χ2v) is 9.54. The molecule has 1 saturated heterocycles. The predicted molar refractivity (Wildman–Crippen MR) is 137 cm³/mol. The predicted octanol–water partition coefficient (Wildman–Crippen LogP) is 4.11. The Kier molecular flexibility index (Phi) is 8.14. The maximum Gasteiger partial charge on any atom is 0.338 e. The number of hydrogen-bond donors (Lipinski definition) is 2. The zero-order chi connectivity index (χ0) is 24.8. The molecule has 0 bridgehead atoms. The summed E-state index contributed by atoms with van der Waals surface area (Å²) in [5.41, 5.74) is 2.10. The summed E-state index contributed by atoms with van der Waals surface area (Å²) < 4.78 is 11.5. The fraction of sp³-hybridized carbons (Fsp3) is 0.192. The normalized spacial score (nSPS) is 14.8.